The summed E-state index contributed by atoms with van der Waals surface area (Å²) >= 11 is 0. The molecule has 2 N–H and O–H groups in total. The van der Waals surface area contributed by atoms with Gasteiger partial charge in [0.2, 0.25) is 5.91 Å². The van der Waals surface area contributed by atoms with Crippen molar-refractivity contribution in [3.8, 4) is 0 Å². The van der Waals surface area contributed by atoms with Gasteiger partial charge in [-0.05, 0) is 37.0 Å². The Morgan fingerprint density at radius 3 is 2.95 bits per heavy atom. The van der Waals surface area contributed by atoms with Crippen LogP contribution in [0.3, 0.4) is 0 Å². The van der Waals surface area contributed by atoms with Crippen molar-refractivity contribution in [3.63, 3.8) is 0 Å². The fourth-order valence-electron chi connectivity index (χ4n) is 2.44. The largest absolute Gasteiger partial charge is 0.481 e. The van der Waals surface area contributed by atoms with E-state index in [0.717, 1.165) is 18.4 Å². The molecule has 5 nitrogen and oxygen atoms in total. The van der Waals surface area contributed by atoms with E-state index in [1.807, 2.05) is 6.07 Å². The number of pyridine rings is 1. The predicted molar refractivity (Wildman–Crippen MR) is 74.8 cm³/mol. The summed E-state index contributed by atoms with van der Waals surface area (Å²) in [4.78, 5) is 26.7. The van der Waals surface area contributed by atoms with E-state index in [9.17, 15) is 9.59 Å². The number of nitrogens with one attached hydrogen (secondary N) is 1. The molecule has 1 fully saturated rings. The Morgan fingerprint density at radius 2 is 2.25 bits per heavy atom. The SMILES string of the molecule is O=C(C=Cc1cccnc1)NC1CCCC(C(=O)O)C1. The molecule has 0 spiro atoms. The van der Waals surface area contributed by atoms with Crippen LogP contribution in [0.5, 0.6) is 0 Å². The Kier molecular flexibility index (Phi) is 4.87. The molecule has 0 aromatic carbocycles. The third kappa shape index (κ3) is 4.19. The maximum Gasteiger partial charge on any atom is 0.306 e. The van der Waals surface area contributed by atoms with Gasteiger partial charge in [0.15, 0.2) is 0 Å². The Bertz CT molecular complexity index is 499. The first-order valence-electron chi connectivity index (χ1n) is 6.76. The molecule has 1 aromatic heterocycles. The molecule has 1 aliphatic rings. The summed E-state index contributed by atoms with van der Waals surface area (Å²) in [7, 11) is 0. The van der Waals surface area contributed by atoms with Gasteiger partial charge >= 0.3 is 5.97 Å². The first kappa shape index (κ1) is 14.2. The van der Waals surface area contributed by atoms with Crippen molar-refractivity contribution in [2.24, 2.45) is 5.92 Å². The molecule has 2 atom stereocenters. The maximum absolute atomic E-state index is 11.8. The van der Waals surface area contributed by atoms with Crippen molar-refractivity contribution in [2.45, 2.75) is 31.7 Å². The average Bonchev–Trinajstić information content (AvgIpc) is 2.46. The summed E-state index contributed by atoms with van der Waals surface area (Å²) in [6.45, 7) is 0. The van der Waals surface area contributed by atoms with Crippen LogP contribution in [0.2, 0.25) is 0 Å². The summed E-state index contributed by atoms with van der Waals surface area (Å²) in [6, 6.07) is 3.62. The first-order chi connectivity index (χ1) is 9.65. The Hall–Kier alpha value is -2.17. The lowest BCUT2D eigenvalue weighted by molar-refractivity contribution is -0.143. The summed E-state index contributed by atoms with van der Waals surface area (Å²) < 4.78 is 0. The van der Waals surface area contributed by atoms with Crippen molar-refractivity contribution < 1.29 is 14.7 Å². The van der Waals surface area contributed by atoms with Gasteiger partial charge < -0.3 is 10.4 Å². The van der Waals surface area contributed by atoms with E-state index in [-0.39, 0.29) is 17.9 Å². The molecule has 20 heavy (non-hydrogen) atoms. The zero-order chi connectivity index (χ0) is 14.4. The van der Waals surface area contributed by atoms with Crippen molar-refractivity contribution in [3.05, 3.63) is 36.2 Å². The monoisotopic (exact) mass is 274 g/mol. The molecule has 0 radical (unpaired) electrons. The molecular weight excluding hydrogens is 256 g/mol. The number of aromatic nitrogens is 1. The third-order valence-corrected chi connectivity index (χ3v) is 3.48. The smallest absolute Gasteiger partial charge is 0.306 e. The number of carboxylic acids is 1. The standard InChI is InChI=1S/C15H18N2O3/c18-14(7-6-11-3-2-8-16-10-11)17-13-5-1-4-12(9-13)15(19)20/h2-3,6-8,10,12-13H,1,4-5,9H2,(H,17,18)(H,19,20). The lowest BCUT2D eigenvalue weighted by Crippen LogP contribution is -2.39. The maximum atomic E-state index is 11.8. The van der Waals surface area contributed by atoms with Crippen molar-refractivity contribution >= 4 is 18.0 Å². The third-order valence-electron chi connectivity index (χ3n) is 3.48. The number of nitrogens with zero attached hydrogens (tertiary/aromatic N) is 1. The number of carbonyl (C=O) groups is 2. The van der Waals surface area contributed by atoms with Gasteiger partial charge in [0, 0.05) is 24.5 Å². The van der Waals surface area contributed by atoms with E-state index in [0.29, 0.717) is 12.8 Å². The highest BCUT2D eigenvalue weighted by Crippen LogP contribution is 2.24. The average molecular weight is 274 g/mol. The van der Waals surface area contributed by atoms with Gasteiger partial charge in [0.05, 0.1) is 5.92 Å². The first-order valence-corrected chi connectivity index (χ1v) is 6.76. The normalized spacial score (nSPS) is 22.6. The van der Waals surface area contributed by atoms with E-state index < -0.39 is 5.97 Å². The van der Waals surface area contributed by atoms with Crippen LogP contribution >= 0.6 is 0 Å². The van der Waals surface area contributed by atoms with E-state index in [1.165, 1.54) is 6.08 Å². The highest BCUT2D eigenvalue weighted by molar-refractivity contribution is 5.91. The fourth-order valence-corrected chi connectivity index (χ4v) is 2.44. The molecule has 5 heteroatoms. The van der Waals surface area contributed by atoms with E-state index in [4.69, 9.17) is 5.11 Å². The second-order valence-corrected chi connectivity index (χ2v) is 5.03. The quantitative estimate of drug-likeness (QED) is 0.821. The van der Waals surface area contributed by atoms with Gasteiger partial charge in [-0.1, -0.05) is 12.5 Å². The van der Waals surface area contributed by atoms with Gasteiger partial charge in [-0.2, -0.15) is 0 Å². The van der Waals surface area contributed by atoms with Crippen LogP contribution in [0.15, 0.2) is 30.6 Å². The van der Waals surface area contributed by atoms with Crippen LogP contribution in [-0.4, -0.2) is 28.0 Å². The molecule has 1 saturated carbocycles. The minimum atomic E-state index is -0.769. The molecule has 2 unspecified atom stereocenters. The summed E-state index contributed by atoms with van der Waals surface area (Å²) in [5.74, 6) is -1.30. The second-order valence-electron chi connectivity index (χ2n) is 5.03. The zero-order valence-electron chi connectivity index (χ0n) is 11.2. The van der Waals surface area contributed by atoms with Gasteiger partial charge in [-0.3, -0.25) is 14.6 Å². The Balaban J connectivity index is 1.85. The molecule has 2 rings (SSSR count). The van der Waals surface area contributed by atoms with Gasteiger partial charge in [0.25, 0.3) is 0 Å². The number of carbonyl (C=O) groups excluding carboxylic acids is 1. The van der Waals surface area contributed by atoms with Crippen LogP contribution in [0.4, 0.5) is 0 Å². The highest BCUT2D eigenvalue weighted by atomic mass is 16.4. The summed E-state index contributed by atoms with van der Waals surface area (Å²) in [5.41, 5.74) is 0.856. The number of hydrogen-bond acceptors (Lipinski definition) is 3. The summed E-state index contributed by atoms with van der Waals surface area (Å²) in [5, 5.41) is 11.9. The predicted octanol–water partition coefficient (Wildman–Crippen LogP) is 1.85. The number of amides is 1. The minimum Gasteiger partial charge on any atom is -0.481 e. The van der Waals surface area contributed by atoms with Gasteiger partial charge in [0.1, 0.15) is 0 Å². The number of hydrogen-bond donors (Lipinski definition) is 2. The lowest BCUT2D eigenvalue weighted by atomic mass is 9.86. The van der Waals surface area contributed by atoms with E-state index >= 15 is 0 Å². The zero-order valence-corrected chi connectivity index (χ0v) is 11.2. The molecule has 1 aliphatic carbocycles. The molecule has 1 amide bonds. The molecule has 0 saturated heterocycles. The fraction of sp³-hybridized carbons (Fsp3) is 0.400. The van der Waals surface area contributed by atoms with Crippen LogP contribution in [0.1, 0.15) is 31.2 Å². The number of rotatable bonds is 4. The molecule has 1 aromatic rings. The molecule has 0 bridgehead atoms. The van der Waals surface area contributed by atoms with Crippen molar-refractivity contribution in [1.29, 1.82) is 0 Å². The molecule has 0 aliphatic heterocycles. The molecule has 1 heterocycles. The van der Waals surface area contributed by atoms with Gasteiger partial charge in [-0.15, -0.1) is 0 Å². The second kappa shape index (κ2) is 6.84. The summed E-state index contributed by atoms with van der Waals surface area (Å²) in [6.07, 6.45) is 9.40. The van der Waals surface area contributed by atoms with Gasteiger partial charge in [-0.25, -0.2) is 0 Å². The highest BCUT2D eigenvalue weighted by Gasteiger charge is 2.27. The minimum absolute atomic E-state index is 0.0455. The van der Waals surface area contributed by atoms with Crippen LogP contribution in [-0.2, 0) is 9.59 Å². The van der Waals surface area contributed by atoms with Crippen molar-refractivity contribution in [1.82, 2.24) is 10.3 Å². The number of carboxylic acid groups (broad SMARTS) is 1. The van der Waals surface area contributed by atoms with Crippen LogP contribution < -0.4 is 5.32 Å². The van der Waals surface area contributed by atoms with Crippen LogP contribution in [0, 0.1) is 5.92 Å². The molecular formula is C15H18N2O3. The number of aliphatic carboxylic acids is 1. The van der Waals surface area contributed by atoms with Crippen molar-refractivity contribution in [2.75, 3.05) is 0 Å². The molecule has 106 valence electrons. The van der Waals surface area contributed by atoms with E-state index in [1.54, 1.807) is 24.5 Å². The van der Waals surface area contributed by atoms with E-state index in [2.05, 4.69) is 10.3 Å². The topological polar surface area (TPSA) is 79.3 Å². The lowest BCUT2D eigenvalue weighted by Gasteiger charge is -2.26. The Labute approximate surface area is 117 Å². The van der Waals surface area contributed by atoms with Crippen LogP contribution in [0.25, 0.3) is 6.08 Å². The Morgan fingerprint density at radius 1 is 1.40 bits per heavy atom.